The largest absolute Gasteiger partial charge is 0.497 e. The molecular formula is C23H20N2O2. The van der Waals surface area contributed by atoms with E-state index in [2.05, 4.69) is 10.5 Å². The second-order valence-corrected chi connectivity index (χ2v) is 5.78. The van der Waals surface area contributed by atoms with Crippen molar-refractivity contribution >= 4 is 17.7 Å². The summed E-state index contributed by atoms with van der Waals surface area (Å²) in [6.07, 6.45) is 3.85. The fourth-order valence-electron chi connectivity index (χ4n) is 2.46. The Morgan fingerprint density at radius 3 is 2.11 bits per heavy atom. The van der Waals surface area contributed by atoms with E-state index in [1.54, 1.807) is 31.4 Å². The Morgan fingerprint density at radius 2 is 1.48 bits per heavy atom. The third kappa shape index (κ3) is 5.16. The Balaban J connectivity index is 1.81. The molecule has 4 heteroatoms. The molecule has 3 rings (SSSR count). The van der Waals surface area contributed by atoms with E-state index in [1.165, 1.54) is 0 Å². The molecule has 0 heterocycles. The Hall–Kier alpha value is -3.66. The average Bonchev–Trinajstić information content (AvgIpc) is 2.75. The fraction of sp³-hybridized carbons (Fsp3) is 0.0435. The van der Waals surface area contributed by atoms with Crippen LogP contribution in [0.4, 0.5) is 0 Å². The van der Waals surface area contributed by atoms with E-state index in [0.29, 0.717) is 17.0 Å². The summed E-state index contributed by atoms with van der Waals surface area (Å²) in [5.74, 6) is 0.421. The SMILES string of the molecule is COc1ccc(C(=O)NN=C(C=Cc2ccccc2)c2ccccc2)cc1. The number of hydrazone groups is 1. The van der Waals surface area contributed by atoms with Crippen LogP contribution in [0.1, 0.15) is 21.5 Å². The van der Waals surface area contributed by atoms with Crippen molar-refractivity contribution in [1.29, 1.82) is 0 Å². The molecule has 0 saturated heterocycles. The molecule has 0 aromatic heterocycles. The van der Waals surface area contributed by atoms with Crippen LogP contribution in [-0.2, 0) is 0 Å². The Labute approximate surface area is 158 Å². The highest BCUT2D eigenvalue weighted by molar-refractivity contribution is 6.11. The van der Waals surface area contributed by atoms with Gasteiger partial charge in [0.2, 0.25) is 0 Å². The molecule has 0 atom stereocenters. The van der Waals surface area contributed by atoms with Crippen LogP contribution < -0.4 is 10.2 Å². The molecule has 3 aromatic rings. The van der Waals surface area contributed by atoms with Gasteiger partial charge in [-0.15, -0.1) is 0 Å². The van der Waals surface area contributed by atoms with Crippen LogP contribution in [0.5, 0.6) is 5.75 Å². The molecule has 0 fully saturated rings. The lowest BCUT2D eigenvalue weighted by molar-refractivity contribution is 0.0955. The number of ether oxygens (including phenoxy) is 1. The molecular weight excluding hydrogens is 336 g/mol. The van der Waals surface area contributed by atoms with Crippen molar-refractivity contribution in [3.8, 4) is 5.75 Å². The van der Waals surface area contributed by atoms with Gasteiger partial charge in [-0.25, -0.2) is 5.43 Å². The first-order chi connectivity index (χ1) is 13.3. The van der Waals surface area contributed by atoms with Crippen molar-refractivity contribution in [2.45, 2.75) is 0 Å². The summed E-state index contributed by atoms with van der Waals surface area (Å²) < 4.78 is 5.11. The third-order valence-electron chi connectivity index (χ3n) is 3.93. The zero-order valence-corrected chi connectivity index (χ0v) is 15.0. The summed E-state index contributed by atoms with van der Waals surface area (Å²) in [6.45, 7) is 0. The van der Waals surface area contributed by atoms with Crippen LogP contribution in [0.3, 0.4) is 0 Å². The lowest BCUT2D eigenvalue weighted by Gasteiger charge is -2.05. The third-order valence-corrected chi connectivity index (χ3v) is 3.93. The predicted molar refractivity (Wildman–Crippen MR) is 109 cm³/mol. The standard InChI is InChI=1S/C23H20N2O2/c1-27-21-15-13-20(14-16-21)23(26)25-24-22(19-10-6-3-7-11-19)17-12-18-8-4-2-5-9-18/h2-17H,1H3,(H,25,26). The maximum Gasteiger partial charge on any atom is 0.271 e. The number of carbonyl (C=O) groups is 1. The Morgan fingerprint density at radius 1 is 0.852 bits per heavy atom. The number of nitrogens with one attached hydrogen (secondary N) is 1. The van der Waals surface area contributed by atoms with Gasteiger partial charge >= 0.3 is 0 Å². The molecule has 0 aliphatic rings. The number of hydrogen-bond acceptors (Lipinski definition) is 3. The highest BCUT2D eigenvalue weighted by Gasteiger charge is 2.06. The molecule has 0 unspecified atom stereocenters. The van der Waals surface area contributed by atoms with Crippen molar-refractivity contribution in [3.63, 3.8) is 0 Å². The number of hydrogen-bond donors (Lipinski definition) is 1. The van der Waals surface area contributed by atoms with E-state index < -0.39 is 0 Å². The maximum absolute atomic E-state index is 12.4. The van der Waals surface area contributed by atoms with Gasteiger partial charge in [0.1, 0.15) is 5.75 Å². The van der Waals surface area contributed by atoms with E-state index in [4.69, 9.17) is 4.74 Å². The monoisotopic (exact) mass is 356 g/mol. The molecule has 27 heavy (non-hydrogen) atoms. The summed E-state index contributed by atoms with van der Waals surface area (Å²) in [5.41, 5.74) is 5.78. The number of carbonyl (C=O) groups excluding carboxylic acids is 1. The van der Waals surface area contributed by atoms with Gasteiger partial charge in [-0.05, 0) is 35.9 Å². The number of nitrogens with zero attached hydrogens (tertiary/aromatic N) is 1. The lowest BCUT2D eigenvalue weighted by atomic mass is 10.1. The zero-order chi connectivity index (χ0) is 18.9. The van der Waals surface area contributed by atoms with Gasteiger partial charge in [0.25, 0.3) is 5.91 Å². The fourth-order valence-corrected chi connectivity index (χ4v) is 2.46. The molecule has 4 nitrogen and oxygen atoms in total. The minimum absolute atomic E-state index is 0.279. The summed E-state index contributed by atoms with van der Waals surface area (Å²) >= 11 is 0. The predicted octanol–water partition coefficient (Wildman–Crippen LogP) is 4.54. The van der Waals surface area contributed by atoms with Crippen molar-refractivity contribution in [1.82, 2.24) is 5.43 Å². The van der Waals surface area contributed by atoms with Gasteiger partial charge in [0.05, 0.1) is 12.8 Å². The van der Waals surface area contributed by atoms with Gasteiger partial charge < -0.3 is 4.74 Å². The minimum atomic E-state index is -0.279. The molecule has 0 aliphatic carbocycles. The van der Waals surface area contributed by atoms with Gasteiger partial charge in [-0.1, -0.05) is 66.7 Å². The maximum atomic E-state index is 12.4. The molecule has 1 amide bonds. The molecule has 0 bridgehead atoms. The van der Waals surface area contributed by atoms with Crippen LogP contribution in [0.25, 0.3) is 6.08 Å². The van der Waals surface area contributed by atoms with E-state index in [9.17, 15) is 4.79 Å². The zero-order valence-electron chi connectivity index (χ0n) is 15.0. The topological polar surface area (TPSA) is 50.7 Å². The van der Waals surface area contributed by atoms with E-state index in [-0.39, 0.29) is 5.91 Å². The van der Waals surface area contributed by atoms with Crippen LogP contribution in [0, 0.1) is 0 Å². The Kier molecular flexibility index (Phi) is 6.15. The second-order valence-electron chi connectivity index (χ2n) is 5.78. The Bertz CT molecular complexity index is 931. The van der Waals surface area contributed by atoms with E-state index >= 15 is 0 Å². The molecule has 0 spiro atoms. The van der Waals surface area contributed by atoms with Gasteiger partial charge in [-0.3, -0.25) is 4.79 Å². The van der Waals surface area contributed by atoms with Crippen molar-refractivity contribution in [3.05, 3.63) is 108 Å². The molecule has 0 aliphatic heterocycles. The number of rotatable bonds is 6. The van der Waals surface area contributed by atoms with Gasteiger partial charge in [0.15, 0.2) is 0 Å². The smallest absolute Gasteiger partial charge is 0.271 e. The summed E-state index contributed by atoms with van der Waals surface area (Å²) in [5, 5.41) is 4.33. The highest BCUT2D eigenvalue weighted by atomic mass is 16.5. The molecule has 0 radical (unpaired) electrons. The van der Waals surface area contributed by atoms with E-state index in [0.717, 1.165) is 11.1 Å². The summed E-state index contributed by atoms with van der Waals surface area (Å²) in [7, 11) is 1.59. The van der Waals surface area contributed by atoms with Crippen molar-refractivity contribution < 1.29 is 9.53 Å². The molecule has 3 aromatic carbocycles. The first-order valence-corrected chi connectivity index (χ1v) is 8.57. The number of benzene rings is 3. The van der Waals surface area contributed by atoms with Crippen molar-refractivity contribution in [2.75, 3.05) is 7.11 Å². The first kappa shape index (κ1) is 18.1. The second kappa shape index (κ2) is 9.15. The quantitative estimate of drug-likeness (QED) is 0.521. The highest BCUT2D eigenvalue weighted by Crippen LogP contribution is 2.11. The van der Waals surface area contributed by atoms with Crippen LogP contribution in [0.2, 0.25) is 0 Å². The molecule has 0 saturated carbocycles. The van der Waals surface area contributed by atoms with E-state index in [1.807, 2.05) is 72.8 Å². The van der Waals surface area contributed by atoms with Gasteiger partial charge in [0, 0.05) is 11.1 Å². The average molecular weight is 356 g/mol. The van der Waals surface area contributed by atoms with Crippen LogP contribution in [-0.4, -0.2) is 18.7 Å². The molecule has 134 valence electrons. The summed E-state index contributed by atoms with van der Waals surface area (Å²) in [6, 6.07) is 26.5. The lowest BCUT2D eigenvalue weighted by Crippen LogP contribution is -2.19. The number of allylic oxidation sites excluding steroid dienone is 1. The summed E-state index contributed by atoms with van der Waals surface area (Å²) in [4.78, 5) is 12.4. The number of methoxy groups -OCH3 is 1. The van der Waals surface area contributed by atoms with Crippen LogP contribution >= 0.6 is 0 Å². The minimum Gasteiger partial charge on any atom is -0.497 e. The number of amides is 1. The normalized spacial score (nSPS) is 11.4. The molecule has 1 N–H and O–H groups in total. The first-order valence-electron chi connectivity index (χ1n) is 8.57. The van der Waals surface area contributed by atoms with Crippen molar-refractivity contribution in [2.24, 2.45) is 5.10 Å². The van der Waals surface area contributed by atoms with Crippen LogP contribution in [0.15, 0.2) is 96.1 Å². The van der Waals surface area contributed by atoms with Gasteiger partial charge in [-0.2, -0.15) is 5.10 Å².